The molecule has 2 rings (SSSR count). The Morgan fingerprint density at radius 3 is 2.43 bits per heavy atom. The van der Waals surface area contributed by atoms with Crippen LogP contribution in [0.3, 0.4) is 0 Å². The van der Waals surface area contributed by atoms with Crippen molar-refractivity contribution in [1.29, 1.82) is 0 Å². The molecule has 0 radical (unpaired) electrons. The molecule has 0 amide bonds. The van der Waals surface area contributed by atoms with E-state index in [0.29, 0.717) is 31.6 Å². The molecule has 1 aliphatic carbocycles. The third kappa shape index (κ3) is 6.86. The van der Waals surface area contributed by atoms with Crippen LogP contribution < -0.4 is 0 Å². The minimum atomic E-state index is -0.821. The molecule has 1 unspecified atom stereocenters. The first kappa shape index (κ1) is 22.3. The van der Waals surface area contributed by atoms with Crippen molar-refractivity contribution in [3.63, 3.8) is 0 Å². The van der Waals surface area contributed by atoms with Gasteiger partial charge in [-0.05, 0) is 19.8 Å². The van der Waals surface area contributed by atoms with Gasteiger partial charge in [0.05, 0.1) is 19.8 Å². The fourth-order valence-corrected chi connectivity index (χ4v) is 3.36. The van der Waals surface area contributed by atoms with Crippen LogP contribution in [0.15, 0.2) is 43.0 Å². The number of hydrogen-bond acceptors (Lipinski definition) is 6. The average Bonchev–Trinajstić information content (AvgIpc) is 2.73. The number of Topliss-reactive ketones (excluding diaryl/α,β-unsaturated/α-hetero) is 1. The lowest BCUT2D eigenvalue weighted by molar-refractivity contribution is -0.198. The zero-order valence-corrected chi connectivity index (χ0v) is 16.6. The molecule has 1 aromatic carbocycles. The molecule has 1 saturated carbocycles. The zero-order chi connectivity index (χ0) is 20.2. The quantitative estimate of drug-likeness (QED) is 0.178. The Hall–Kier alpha value is -2.02. The largest absolute Gasteiger partial charge is 0.460 e. The van der Waals surface area contributed by atoms with E-state index >= 15 is 0 Å². The molecule has 1 aliphatic rings. The second-order valence-electron chi connectivity index (χ2n) is 6.79. The molecular formula is C22H30O6. The smallest absolute Gasteiger partial charge is 0.330 e. The highest BCUT2D eigenvalue weighted by Gasteiger charge is 2.42. The minimum Gasteiger partial charge on any atom is -0.460 e. The average molecular weight is 390 g/mol. The molecule has 0 bridgehead atoms. The number of rotatable bonds is 12. The van der Waals surface area contributed by atoms with Crippen LogP contribution in [0.2, 0.25) is 0 Å². The Kier molecular flexibility index (Phi) is 9.34. The van der Waals surface area contributed by atoms with E-state index in [1.54, 1.807) is 6.92 Å². The van der Waals surface area contributed by atoms with E-state index in [1.807, 2.05) is 30.3 Å². The maximum absolute atomic E-state index is 13.1. The fourth-order valence-electron chi connectivity index (χ4n) is 3.36. The first-order valence-corrected chi connectivity index (χ1v) is 9.83. The molecule has 0 aromatic heterocycles. The minimum absolute atomic E-state index is 0.0311. The van der Waals surface area contributed by atoms with Crippen LogP contribution in [0.25, 0.3) is 0 Å². The summed E-state index contributed by atoms with van der Waals surface area (Å²) in [6.45, 7) is 6.26. The molecule has 1 aromatic rings. The predicted octanol–water partition coefficient (Wildman–Crippen LogP) is 3.70. The van der Waals surface area contributed by atoms with Crippen molar-refractivity contribution in [3.8, 4) is 0 Å². The maximum atomic E-state index is 13.1. The summed E-state index contributed by atoms with van der Waals surface area (Å²) in [4.78, 5) is 24.0. The Bertz CT molecular complexity index is 621. The van der Waals surface area contributed by atoms with Gasteiger partial charge in [0.25, 0.3) is 0 Å². The number of ether oxygens (including phenoxy) is 4. The number of benzene rings is 1. The molecule has 6 heteroatoms. The molecule has 1 fully saturated rings. The van der Waals surface area contributed by atoms with E-state index < -0.39 is 17.9 Å². The van der Waals surface area contributed by atoms with Crippen molar-refractivity contribution in [3.05, 3.63) is 48.6 Å². The van der Waals surface area contributed by atoms with Crippen molar-refractivity contribution >= 4 is 11.8 Å². The van der Waals surface area contributed by atoms with E-state index in [9.17, 15) is 9.59 Å². The highest BCUT2D eigenvalue weighted by atomic mass is 16.7. The predicted molar refractivity (Wildman–Crippen MR) is 105 cm³/mol. The zero-order valence-electron chi connectivity index (χ0n) is 16.6. The second kappa shape index (κ2) is 11.7. The van der Waals surface area contributed by atoms with Crippen LogP contribution in [0.4, 0.5) is 0 Å². The summed E-state index contributed by atoms with van der Waals surface area (Å²) in [5, 5.41) is 0. The Morgan fingerprint density at radius 2 is 1.75 bits per heavy atom. The van der Waals surface area contributed by atoms with Gasteiger partial charge in [-0.1, -0.05) is 56.2 Å². The van der Waals surface area contributed by atoms with Gasteiger partial charge in [0, 0.05) is 11.6 Å². The first-order chi connectivity index (χ1) is 13.6. The van der Waals surface area contributed by atoms with Crippen LogP contribution in [-0.4, -0.2) is 50.1 Å². The van der Waals surface area contributed by atoms with E-state index in [0.717, 1.165) is 25.3 Å². The summed E-state index contributed by atoms with van der Waals surface area (Å²) in [6.07, 6.45) is 5.06. The summed E-state index contributed by atoms with van der Waals surface area (Å²) in [5.74, 6) is -0.439. The molecule has 0 heterocycles. The first-order valence-electron chi connectivity index (χ1n) is 9.83. The van der Waals surface area contributed by atoms with Crippen LogP contribution in [-0.2, 0) is 23.7 Å². The third-order valence-electron chi connectivity index (χ3n) is 4.72. The highest BCUT2D eigenvalue weighted by Crippen LogP contribution is 2.35. The lowest BCUT2D eigenvalue weighted by Crippen LogP contribution is -2.46. The standard InChI is InChI=1S/C22H30O6/c1-3-20(23)27-17-15-25-14-16-26-18(2)28-22(12-8-5-9-13-22)21(24)19-10-6-4-7-11-19/h3-4,6-7,10-11,18H,1,5,8-9,12-17H2,2H3. The molecule has 6 nitrogen and oxygen atoms in total. The SMILES string of the molecule is C=CC(=O)OCCOCCOC(C)OC1(C(=O)c2ccccc2)CCCCC1. The molecule has 154 valence electrons. The molecule has 0 aliphatic heterocycles. The highest BCUT2D eigenvalue weighted by molar-refractivity contribution is 6.02. The molecule has 0 spiro atoms. The summed E-state index contributed by atoms with van der Waals surface area (Å²) < 4.78 is 22.0. The van der Waals surface area contributed by atoms with Crippen molar-refractivity contribution in [2.45, 2.75) is 50.9 Å². The maximum Gasteiger partial charge on any atom is 0.330 e. The van der Waals surface area contributed by atoms with Crippen LogP contribution >= 0.6 is 0 Å². The van der Waals surface area contributed by atoms with Crippen LogP contribution in [0.1, 0.15) is 49.4 Å². The van der Waals surface area contributed by atoms with Gasteiger partial charge < -0.3 is 18.9 Å². The van der Waals surface area contributed by atoms with Gasteiger partial charge in [0.15, 0.2) is 12.1 Å². The lowest BCUT2D eigenvalue weighted by Gasteiger charge is -2.37. The number of hydrogen-bond donors (Lipinski definition) is 0. The van der Waals surface area contributed by atoms with Gasteiger partial charge in [-0.2, -0.15) is 0 Å². The van der Waals surface area contributed by atoms with Gasteiger partial charge in [0.1, 0.15) is 12.2 Å². The van der Waals surface area contributed by atoms with Crippen molar-refractivity contribution in [2.75, 3.05) is 26.4 Å². The molecule has 0 N–H and O–H groups in total. The topological polar surface area (TPSA) is 71.1 Å². The van der Waals surface area contributed by atoms with Gasteiger partial charge >= 0.3 is 5.97 Å². The Balaban J connectivity index is 1.78. The van der Waals surface area contributed by atoms with Gasteiger partial charge in [0.2, 0.25) is 0 Å². The van der Waals surface area contributed by atoms with Crippen molar-refractivity contribution in [1.82, 2.24) is 0 Å². The monoisotopic (exact) mass is 390 g/mol. The van der Waals surface area contributed by atoms with Crippen LogP contribution in [0, 0.1) is 0 Å². The Morgan fingerprint density at radius 1 is 1.07 bits per heavy atom. The second-order valence-corrected chi connectivity index (χ2v) is 6.79. The van der Waals surface area contributed by atoms with Crippen molar-refractivity contribution in [2.24, 2.45) is 0 Å². The molecular weight excluding hydrogens is 360 g/mol. The molecule has 1 atom stereocenters. The molecule has 28 heavy (non-hydrogen) atoms. The van der Waals surface area contributed by atoms with E-state index in [4.69, 9.17) is 18.9 Å². The summed E-state index contributed by atoms with van der Waals surface area (Å²) >= 11 is 0. The third-order valence-corrected chi connectivity index (χ3v) is 4.72. The normalized spacial score (nSPS) is 16.9. The van der Waals surface area contributed by atoms with Gasteiger partial charge in [-0.15, -0.1) is 0 Å². The van der Waals surface area contributed by atoms with E-state index in [-0.39, 0.29) is 19.0 Å². The summed E-state index contributed by atoms with van der Waals surface area (Å²) in [6, 6.07) is 9.30. The fraction of sp³-hybridized carbons (Fsp3) is 0.545. The van der Waals surface area contributed by atoms with Crippen LogP contribution in [0.5, 0.6) is 0 Å². The summed E-state index contributed by atoms with van der Waals surface area (Å²) in [5.41, 5.74) is -0.146. The number of carbonyl (C=O) groups is 2. The van der Waals surface area contributed by atoms with Gasteiger partial charge in [-0.3, -0.25) is 4.79 Å². The lowest BCUT2D eigenvalue weighted by atomic mass is 9.79. The van der Waals surface area contributed by atoms with Crippen molar-refractivity contribution < 1.29 is 28.5 Å². The van der Waals surface area contributed by atoms with E-state index in [1.165, 1.54) is 0 Å². The van der Waals surface area contributed by atoms with Gasteiger partial charge in [-0.25, -0.2) is 4.79 Å². The number of carbonyl (C=O) groups excluding carboxylic acids is 2. The molecule has 0 saturated heterocycles. The number of ketones is 1. The van der Waals surface area contributed by atoms with E-state index in [2.05, 4.69) is 6.58 Å². The summed E-state index contributed by atoms with van der Waals surface area (Å²) in [7, 11) is 0. The number of esters is 1. The Labute approximate surface area is 166 Å².